The number of carbonyl (C=O) groups excluding carboxylic acids is 1. The Hall–Kier alpha value is -3.11. The Balaban J connectivity index is 1.95. The highest BCUT2D eigenvalue weighted by Gasteiger charge is 2.21. The van der Waals surface area contributed by atoms with Crippen LogP contribution in [0, 0.1) is 0 Å². The molecule has 0 atom stereocenters. The first-order chi connectivity index (χ1) is 12.7. The number of hydrogen-bond acceptors (Lipinski definition) is 4. The summed E-state index contributed by atoms with van der Waals surface area (Å²) in [5, 5.41) is 10.8. The van der Waals surface area contributed by atoms with Gasteiger partial charge in [0.05, 0.1) is 12.0 Å². The van der Waals surface area contributed by atoms with Crippen molar-refractivity contribution in [3.63, 3.8) is 0 Å². The first kappa shape index (κ1) is 16.4. The summed E-state index contributed by atoms with van der Waals surface area (Å²) >= 11 is 1.40. The molecule has 0 saturated heterocycles. The van der Waals surface area contributed by atoms with E-state index in [2.05, 4.69) is 0 Å². The number of carbonyl (C=O) groups is 1. The van der Waals surface area contributed by atoms with Crippen molar-refractivity contribution in [2.24, 2.45) is 0 Å². The minimum atomic E-state index is -0.0524. The molecule has 0 aliphatic carbocycles. The van der Waals surface area contributed by atoms with Crippen LogP contribution < -0.4 is 4.74 Å². The van der Waals surface area contributed by atoms with Gasteiger partial charge in [-0.3, -0.25) is 4.79 Å². The van der Waals surface area contributed by atoms with Gasteiger partial charge in [-0.1, -0.05) is 42.5 Å². The predicted octanol–water partition coefficient (Wildman–Crippen LogP) is 5.51. The molecular formula is C22H16O3S. The Morgan fingerprint density at radius 2 is 1.77 bits per heavy atom. The average molecular weight is 360 g/mol. The molecule has 4 rings (SSSR count). The fourth-order valence-electron chi connectivity index (χ4n) is 3.03. The van der Waals surface area contributed by atoms with Crippen LogP contribution in [0.2, 0.25) is 0 Å². The van der Waals surface area contributed by atoms with Gasteiger partial charge in [0.15, 0.2) is 0 Å². The Morgan fingerprint density at radius 1 is 0.962 bits per heavy atom. The summed E-state index contributed by atoms with van der Waals surface area (Å²) < 4.78 is 6.13. The number of phenols is 1. The SMILES string of the molecule is COc1cccc(C(=O)c2sc3cc(O)ccc3c2-c2ccccc2)c1. The van der Waals surface area contributed by atoms with Crippen molar-refractivity contribution >= 4 is 27.2 Å². The van der Waals surface area contributed by atoms with Gasteiger partial charge < -0.3 is 9.84 Å². The fraction of sp³-hybridized carbons (Fsp3) is 0.0455. The summed E-state index contributed by atoms with van der Waals surface area (Å²) in [6.45, 7) is 0. The number of ketones is 1. The fourth-order valence-corrected chi connectivity index (χ4v) is 4.25. The van der Waals surface area contributed by atoms with E-state index in [4.69, 9.17) is 4.74 Å². The Bertz CT molecular complexity index is 1100. The molecule has 4 heteroatoms. The molecule has 3 aromatic carbocycles. The number of phenolic OH excluding ortho intramolecular Hbond substituents is 1. The van der Waals surface area contributed by atoms with Gasteiger partial charge in [0.2, 0.25) is 5.78 Å². The van der Waals surface area contributed by atoms with E-state index in [-0.39, 0.29) is 11.5 Å². The minimum Gasteiger partial charge on any atom is -0.508 e. The van der Waals surface area contributed by atoms with Crippen LogP contribution in [-0.2, 0) is 0 Å². The van der Waals surface area contributed by atoms with Gasteiger partial charge in [-0.2, -0.15) is 0 Å². The summed E-state index contributed by atoms with van der Waals surface area (Å²) in [6, 6.07) is 22.3. The smallest absolute Gasteiger partial charge is 0.203 e. The lowest BCUT2D eigenvalue weighted by Crippen LogP contribution is -2.01. The molecule has 0 radical (unpaired) electrons. The van der Waals surface area contributed by atoms with Crippen molar-refractivity contribution in [3.05, 3.63) is 83.2 Å². The van der Waals surface area contributed by atoms with Gasteiger partial charge in [0, 0.05) is 21.2 Å². The number of ether oxygens (including phenoxy) is 1. The highest BCUT2D eigenvalue weighted by Crippen LogP contribution is 2.41. The van der Waals surface area contributed by atoms with E-state index in [0.717, 1.165) is 21.2 Å². The first-order valence-corrected chi connectivity index (χ1v) is 8.98. The molecule has 0 saturated carbocycles. The van der Waals surface area contributed by atoms with Crippen LogP contribution >= 0.6 is 11.3 Å². The summed E-state index contributed by atoms with van der Waals surface area (Å²) in [6.07, 6.45) is 0. The van der Waals surface area contributed by atoms with Crippen molar-refractivity contribution in [2.45, 2.75) is 0 Å². The zero-order valence-corrected chi connectivity index (χ0v) is 14.9. The quantitative estimate of drug-likeness (QED) is 0.488. The lowest BCUT2D eigenvalue weighted by Gasteiger charge is -2.06. The topological polar surface area (TPSA) is 46.5 Å². The third kappa shape index (κ3) is 2.85. The molecule has 26 heavy (non-hydrogen) atoms. The maximum absolute atomic E-state index is 13.3. The van der Waals surface area contributed by atoms with Crippen molar-refractivity contribution in [1.82, 2.24) is 0 Å². The lowest BCUT2D eigenvalue weighted by atomic mass is 9.98. The van der Waals surface area contributed by atoms with E-state index in [0.29, 0.717) is 16.2 Å². The second-order valence-corrected chi connectivity index (χ2v) is 6.97. The first-order valence-electron chi connectivity index (χ1n) is 8.17. The van der Waals surface area contributed by atoms with Gasteiger partial charge in [-0.25, -0.2) is 0 Å². The second kappa shape index (κ2) is 6.65. The molecular weight excluding hydrogens is 344 g/mol. The van der Waals surface area contributed by atoms with E-state index in [9.17, 15) is 9.90 Å². The van der Waals surface area contributed by atoms with Crippen LogP contribution in [0.1, 0.15) is 15.2 Å². The molecule has 128 valence electrons. The van der Waals surface area contributed by atoms with Crippen LogP contribution in [-0.4, -0.2) is 18.0 Å². The number of benzene rings is 3. The van der Waals surface area contributed by atoms with Gasteiger partial charge in [0.25, 0.3) is 0 Å². The largest absolute Gasteiger partial charge is 0.508 e. The Labute approximate surface area is 155 Å². The summed E-state index contributed by atoms with van der Waals surface area (Å²) in [5.41, 5.74) is 2.46. The van der Waals surface area contributed by atoms with Crippen LogP contribution in [0.25, 0.3) is 21.2 Å². The minimum absolute atomic E-state index is 0.0524. The van der Waals surface area contributed by atoms with E-state index in [1.54, 1.807) is 31.4 Å². The molecule has 4 aromatic rings. The molecule has 1 heterocycles. The molecule has 3 nitrogen and oxygen atoms in total. The highest BCUT2D eigenvalue weighted by atomic mass is 32.1. The molecule has 0 aliphatic heterocycles. The zero-order chi connectivity index (χ0) is 18.1. The predicted molar refractivity (Wildman–Crippen MR) is 105 cm³/mol. The van der Waals surface area contributed by atoms with Gasteiger partial charge in [0.1, 0.15) is 11.5 Å². The second-order valence-electron chi connectivity index (χ2n) is 5.91. The molecule has 0 unspecified atom stereocenters. The number of methoxy groups -OCH3 is 1. The van der Waals surface area contributed by atoms with Crippen molar-refractivity contribution in [1.29, 1.82) is 0 Å². The number of thiophene rings is 1. The maximum Gasteiger partial charge on any atom is 0.203 e. The normalized spacial score (nSPS) is 10.8. The van der Waals surface area contributed by atoms with Crippen LogP contribution in [0.4, 0.5) is 0 Å². The number of fused-ring (bicyclic) bond motifs is 1. The molecule has 0 bridgehead atoms. The maximum atomic E-state index is 13.3. The lowest BCUT2D eigenvalue weighted by molar-refractivity contribution is 0.104. The Kier molecular flexibility index (Phi) is 4.19. The third-order valence-corrected chi connectivity index (χ3v) is 5.43. The van der Waals surface area contributed by atoms with Crippen molar-refractivity contribution in [3.8, 4) is 22.6 Å². The molecule has 0 spiro atoms. The molecule has 0 fully saturated rings. The monoisotopic (exact) mass is 360 g/mol. The van der Waals surface area contributed by atoms with Gasteiger partial charge >= 0.3 is 0 Å². The molecule has 1 N–H and O–H groups in total. The molecule has 0 amide bonds. The van der Waals surface area contributed by atoms with E-state index in [1.165, 1.54) is 11.3 Å². The van der Waals surface area contributed by atoms with Crippen molar-refractivity contribution in [2.75, 3.05) is 7.11 Å². The highest BCUT2D eigenvalue weighted by molar-refractivity contribution is 7.21. The molecule has 1 aromatic heterocycles. The van der Waals surface area contributed by atoms with E-state index >= 15 is 0 Å². The number of aromatic hydroxyl groups is 1. The van der Waals surface area contributed by atoms with Gasteiger partial charge in [-0.15, -0.1) is 11.3 Å². The summed E-state index contributed by atoms with van der Waals surface area (Å²) in [7, 11) is 1.58. The van der Waals surface area contributed by atoms with E-state index in [1.807, 2.05) is 48.5 Å². The summed E-state index contributed by atoms with van der Waals surface area (Å²) in [5.74, 6) is 0.790. The number of rotatable bonds is 4. The van der Waals surface area contributed by atoms with Gasteiger partial charge in [-0.05, 0) is 35.9 Å². The Morgan fingerprint density at radius 3 is 2.54 bits per heavy atom. The van der Waals surface area contributed by atoms with Crippen LogP contribution in [0.5, 0.6) is 11.5 Å². The summed E-state index contributed by atoms with van der Waals surface area (Å²) in [4.78, 5) is 13.9. The zero-order valence-electron chi connectivity index (χ0n) is 14.1. The van der Waals surface area contributed by atoms with E-state index < -0.39 is 0 Å². The molecule has 0 aliphatic rings. The number of hydrogen-bond donors (Lipinski definition) is 1. The standard InChI is InChI=1S/C22H16O3S/c1-25-17-9-5-8-15(12-17)21(24)22-20(14-6-3-2-4-7-14)18-11-10-16(23)13-19(18)26-22/h2-13,23H,1H3. The van der Waals surface area contributed by atoms with Crippen LogP contribution in [0.15, 0.2) is 72.8 Å². The van der Waals surface area contributed by atoms with Crippen LogP contribution in [0.3, 0.4) is 0 Å². The third-order valence-electron chi connectivity index (χ3n) is 4.27. The van der Waals surface area contributed by atoms with Crippen molar-refractivity contribution < 1.29 is 14.6 Å². The average Bonchev–Trinajstić information content (AvgIpc) is 3.06.